The Bertz CT molecular complexity index is 437. The van der Waals surface area contributed by atoms with Crippen molar-refractivity contribution >= 4 is 0 Å². The van der Waals surface area contributed by atoms with Crippen LogP contribution >= 0.6 is 0 Å². The summed E-state index contributed by atoms with van der Waals surface area (Å²) in [6.07, 6.45) is 9.89. The number of nitrogens with zero attached hydrogens (tertiary/aromatic N) is 1. The second kappa shape index (κ2) is 4.38. The predicted molar refractivity (Wildman–Crippen MR) is 74.7 cm³/mol. The van der Waals surface area contributed by atoms with Gasteiger partial charge in [0.15, 0.2) is 0 Å². The van der Waals surface area contributed by atoms with Crippen LogP contribution in [0.15, 0.2) is 36.1 Å². The summed E-state index contributed by atoms with van der Waals surface area (Å²) in [6, 6.07) is 0. The van der Waals surface area contributed by atoms with E-state index in [-0.39, 0.29) is 21.5 Å². The van der Waals surface area contributed by atoms with Crippen LogP contribution in [0.25, 0.3) is 0 Å². The van der Waals surface area contributed by atoms with Crippen LogP contribution in [0.2, 0.25) is 0 Å². The SMILES string of the molecule is CC1(C)/C=C\C(C)(C)/C=C(/[N+](=O)[O-])C(C)(C)/C=C\1. The molecule has 0 bridgehead atoms. The summed E-state index contributed by atoms with van der Waals surface area (Å²) in [5.41, 5.74) is -0.715. The van der Waals surface area contributed by atoms with Gasteiger partial charge in [-0.05, 0) is 19.9 Å². The fourth-order valence-corrected chi connectivity index (χ4v) is 1.87. The fourth-order valence-electron chi connectivity index (χ4n) is 1.87. The van der Waals surface area contributed by atoms with Crippen molar-refractivity contribution in [2.45, 2.75) is 41.5 Å². The predicted octanol–water partition coefficient (Wildman–Crippen LogP) is 4.35. The van der Waals surface area contributed by atoms with Crippen molar-refractivity contribution in [2.24, 2.45) is 16.2 Å². The van der Waals surface area contributed by atoms with Crippen molar-refractivity contribution in [2.75, 3.05) is 0 Å². The molecule has 0 radical (unpaired) electrons. The summed E-state index contributed by atoms with van der Waals surface area (Å²) >= 11 is 0. The number of nitro groups is 1. The number of allylic oxidation sites excluding steroid dienone is 5. The highest BCUT2D eigenvalue weighted by atomic mass is 16.6. The van der Waals surface area contributed by atoms with Crippen molar-refractivity contribution in [1.29, 1.82) is 0 Å². The van der Waals surface area contributed by atoms with Crippen LogP contribution in [-0.2, 0) is 0 Å². The smallest absolute Gasteiger partial charge is 0.252 e. The van der Waals surface area contributed by atoms with Crippen LogP contribution in [0.1, 0.15) is 41.5 Å². The summed E-state index contributed by atoms with van der Waals surface area (Å²) < 4.78 is 0. The van der Waals surface area contributed by atoms with Crippen molar-refractivity contribution in [3.05, 3.63) is 46.2 Å². The molecular weight excluding hydrogens is 226 g/mol. The summed E-state index contributed by atoms with van der Waals surface area (Å²) in [4.78, 5) is 11.0. The summed E-state index contributed by atoms with van der Waals surface area (Å²) in [7, 11) is 0. The molecule has 3 heteroatoms. The lowest BCUT2D eigenvalue weighted by Gasteiger charge is -2.20. The maximum absolute atomic E-state index is 11.3. The van der Waals surface area contributed by atoms with Gasteiger partial charge in [-0.3, -0.25) is 10.1 Å². The van der Waals surface area contributed by atoms with Crippen LogP contribution in [0.5, 0.6) is 0 Å². The third kappa shape index (κ3) is 3.56. The first-order valence-electron chi connectivity index (χ1n) is 6.24. The van der Waals surface area contributed by atoms with Crippen LogP contribution < -0.4 is 0 Å². The highest BCUT2D eigenvalue weighted by molar-refractivity contribution is 5.25. The van der Waals surface area contributed by atoms with Gasteiger partial charge in [0.1, 0.15) is 0 Å². The standard InChI is InChI=1S/C15H23NO2/c1-13(2)7-8-14(3,4)11-12(16(17)18)15(5,6)10-9-13/h7-11H,1-6H3/b8-7-,10-9-,12-11+. The van der Waals surface area contributed by atoms with Crippen LogP contribution in [-0.4, -0.2) is 4.92 Å². The average Bonchev–Trinajstić information content (AvgIpc) is 2.23. The van der Waals surface area contributed by atoms with E-state index in [2.05, 4.69) is 19.9 Å². The Morgan fingerprint density at radius 3 is 1.83 bits per heavy atom. The van der Waals surface area contributed by atoms with Crippen molar-refractivity contribution < 1.29 is 4.92 Å². The van der Waals surface area contributed by atoms with Crippen LogP contribution in [0.4, 0.5) is 0 Å². The molecule has 0 saturated heterocycles. The first-order chi connectivity index (χ1) is 7.95. The quantitative estimate of drug-likeness (QED) is 0.394. The molecule has 3 nitrogen and oxygen atoms in total. The molecule has 0 aliphatic heterocycles. The van der Waals surface area contributed by atoms with E-state index in [4.69, 9.17) is 0 Å². The summed E-state index contributed by atoms with van der Waals surface area (Å²) in [6.45, 7) is 12.0. The Hall–Kier alpha value is -1.38. The van der Waals surface area contributed by atoms with Gasteiger partial charge < -0.3 is 0 Å². The van der Waals surface area contributed by atoms with Gasteiger partial charge >= 0.3 is 0 Å². The van der Waals surface area contributed by atoms with E-state index < -0.39 is 5.41 Å². The molecule has 0 aromatic heterocycles. The molecule has 1 aliphatic carbocycles. The first kappa shape index (κ1) is 14.7. The molecule has 0 amide bonds. The molecule has 0 fully saturated rings. The topological polar surface area (TPSA) is 43.1 Å². The van der Waals surface area contributed by atoms with E-state index in [1.54, 1.807) is 6.08 Å². The van der Waals surface area contributed by atoms with Gasteiger partial charge in [-0.25, -0.2) is 0 Å². The minimum atomic E-state index is -0.565. The summed E-state index contributed by atoms with van der Waals surface area (Å²) in [5.74, 6) is 0. The maximum Gasteiger partial charge on any atom is 0.252 e. The van der Waals surface area contributed by atoms with Gasteiger partial charge in [0, 0.05) is 10.8 Å². The molecule has 0 aromatic rings. The molecule has 0 heterocycles. The highest BCUT2D eigenvalue weighted by Gasteiger charge is 2.34. The van der Waals surface area contributed by atoms with E-state index in [0.717, 1.165) is 0 Å². The van der Waals surface area contributed by atoms with Gasteiger partial charge in [0.25, 0.3) is 5.70 Å². The molecule has 18 heavy (non-hydrogen) atoms. The minimum Gasteiger partial charge on any atom is -0.259 e. The summed E-state index contributed by atoms with van der Waals surface area (Å²) in [5, 5.41) is 11.3. The van der Waals surface area contributed by atoms with Gasteiger partial charge in [-0.1, -0.05) is 52.0 Å². The molecule has 0 spiro atoms. The Balaban J connectivity index is 3.44. The molecule has 0 aromatic carbocycles. The van der Waals surface area contributed by atoms with E-state index in [1.165, 1.54) is 0 Å². The fraction of sp³-hybridized carbons (Fsp3) is 0.600. The lowest BCUT2D eigenvalue weighted by Crippen LogP contribution is -2.21. The average molecular weight is 249 g/mol. The second-order valence-electron chi connectivity index (χ2n) is 6.82. The Morgan fingerprint density at radius 2 is 1.33 bits per heavy atom. The molecule has 100 valence electrons. The molecule has 0 unspecified atom stereocenters. The van der Waals surface area contributed by atoms with Crippen LogP contribution in [0.3, 0.4) is 0 Å². The van der Waals surface area contributed by atoms with Crippen molar-refractivity contribution in [1.82, 2.24) is 0 Å². The molecule has 0 N–H and O–H groups in total. The Kier molecular flexibility index (Phi) is 3.57. The molecular formula is C15H23NO2. The number of hydrogen-bond donors (Lipinski definition) is 0. The highest BCUT2D eigenvalue weighted by Crippen LogP contribution is 2.37. The van der Waals surface area contributed by atoms with Crippen LogP contribution in [0, 0.1) is 26.4 Å². The van der Waals surface area contributed by atoms with Gasteiger partial charge in [-0.15, -0.1) is 0 Å². The van der Waals surface area contributed by atoms with Crippen molar-refractivity contribution in [3.63, 3.8) is 0 Å². The van der Waals surface area contributed by atoms with Gasteiger partial charge in [0.2, 0.25) is 0 Å². The monoisotopic (exact) mass is 249 g/mol. The van der Waals surface area contributed by atoms with Gasteiger partial charge in [0.05, 0.1) is 10.3 Å². The van der Waals surface area contributed by atoms with E-state index in [9.17, 15) is 10.1 Å². The second-order valence-corrected chi connectivity index (χ2v) is 6.82. The maximum atomic E-state index is 11.3. The largest absolute Gasteiger partial charge is 0.259 e. The Labute approximate surface area is 109 Å². The third-order valence-electron chi connectivity index (χ3n) is 3.24. The third-order valence-corrected chi connectivity index (χ3v) is 3.24. The zero-order valence-electron chi connectivity index (χ0n) is 12.2. The zero-order valence-corrected chi connectivity index (χ0v) is 12.2. The molecule has 0 saturated carbocycles. The van der Waals surface area contributed by atoms with E-state index in [1.807, 2.05) is 45.9 Å². The first-order valence-corrected chi connectivity index (χ1v) is 6.24. The zero-order chi connectivity index (χ0) is 14.2. The Morgan fingerprint density at radius 1 is 0.889 bits per heavy atom. The number of hydrogen-bond acceptors (Lipinski definition) is 2. The van der Waals surface area contributed by atoms with Gasteiger partial charge in [-0.2, -0.15) is 0 Å². The lowest BCUT2D eigenvalue weighted by atomic mass is 9.83. The van der Waals surface area contributed by atoms with Crippen molar-refractivity contribution in [3.8, 4) is 0 Å². The van der Waals surface area contributed by atoms with E-state index in [0.29, 0.717) is 0 Å². The minimum absolute atomic E-state index is 0.0889. The molecule has 0 atom stereocenters. The molecule has 1 aliphatic rings. The van der Waals surface area contributed by atoms with E-state index >= 15 is 0 Å². The number of rotatable bonds is 1. The normalized spacial score (nSPS) is 31.1. The lowest BCUT2D eigenvalue weighted by molar-refractivity contribution is -0.438. The molecule has 1 rings (SSSR count).